The molecule has 0 saturated carbocycles. The molecule has 1 aromatic rings. The Labute approximate surface area is 135 Å². The molecule has 126 valence electrons. The summed E-state index contributed by atoms with van der Waals surface area (Å²) in [4.78, 5) is 2.32. The number of hydrogen-bond donors (Lipinski definition) is 0. The minimum Gasteiger partial charge on any atom is -0.497 e. The van der Waals surface area contributed by atoms with E-state index in [1.165, 1.54) is 5.69 Å². The molecule has 0 bridgehead atoms. The van der Waals surface area contributed by atoms with E-state index < -0.39 is 0 Å². The van der Waals surface area contributed by atoms with Crippen molar-refractivity contribution in [2.24, 2.45) is 0 Å². The number of nitrogens with zero attached hydrogens (tertiary/aromatic N) is 1. The Morgan fingerprint density at radius 1 is 1.18 bits per heavy atom. The molecule has 1 heterocycles. The van der Waals surface area contributed by atoms with Crippen LogP contribution < -0.4 is 9.64 Å². The molecule has 0 atom stereocenters. The van der Waals surface area contributed by atoms with Crippen molar-refractivity contribution in [2.45, 2.75) is 20.3 Å². The van der Waals surface area contributed by atoms with Crippen LogP contribution in [0, 0.1) is 0 Å². The van der Waals surface area contributed by atoms with Gasteiger partial charge in [0.05, 0.1) is 20.3 Å². The fourth-order valence-electron chi connectivity index (χ4n) is 1.82. The van der Waals surface area contributed by atoms with Crippen LogP contribution in [0.4, 0.5) is 5.69 Å². The third-order valence-corrected chi connectivity index (χ3v) is 2.86. The van der Waals surface area contributed by atoms with Crippen LogP contribution in [0.2, 0.25) is 0 Å². The fraction of sp³-hybridized carbons (Fsp3) is 0.556. The van der Waals surface area contributed by atoms with Crippen LogP contribution in [0.5, 0.6) is 5.75 Å². The van der Waals surface area contributed by atoms with Gasteiger partial charge in [-0.25, -0.2) is 0 Å². The van der Waals surface area contributed by atoms with Crippen molar-refractivity contribution in [1.29, 1.82) is 0 Å². The molecule has 0 radical (unpaired) electrons. The van der Waals surface area contributed by atoms with Crippen LogP contribution in [-0.2, 0) is 9.47 Å². The standard InChI is InChI=1S/C11H15NO2.C4H10O.C3H6/c1-13-11-4-2-10(3-5-11)12-6-8-14-9-7-12;1-3-4-5-2;1-3-2/h2-5H,6-9H2,1H3;3-4H2,1-2H3;3H,1H2,2H3. The molecule has 1 fully saturated rings. The van der Waals surface area contributed by atoms with Crippen LogP contribution in [-0.4, -0.2) is 47.1 Å². The number of benzene rings is 1. The maximum Gasteiger partial charge on any atom is 0.119 e. The van der Waals surface area contributed by atoms with Gasteiger partial charge in [-0.3, -0.25) is 0 Å². The lowest BCUT2D eigenvalue weighted by molar-refractivity contribution is 0.122. The largest absolute Gasteiger partial charge is 0.497 e. The van der Waals surface area contributed by atoms with E-state index in [1.807, 2.05) is 19.1 Å². The van der Waals surface area contributed by atoms with Crippen molar-refractivity contribution < 1.29 is 14.2 Å². The lowest BCUT2D eigenvalue weighted by Crippen LogP contribution is -2.36. The first-order chi connectivity index (χ1) is 10.7. The van der Waals surface area contributed by atoms with E-state index in [4.69, 9.17) is 14.2 Å². The summed E-state index contributed by atoms with van der Waals surface area (Å²) in [6.45, 7) is 11.8. The number of anilines is 1. The van der Waals surface area contributed by atoms with Gasteiger partial charge in [-0.2, -0.15) is 0 Å². The third-order valence-electron chi connectivity index (χ3n) is 2.86. The lowest BCUT2D eigenvalue weighted by Gasteiger charge is -2.28. The summed E-state index contributed by atoms with van der Waals surface area (Å²) in [6.07, 6.45) is 2.87. The molecule has 0 amide bonds. The van der Waals surface area contributed by atoms with Gasteiger partial charge >= 0.3 is 0 Å². The first-order valence-corrected chi connectivity index (χ1v) is 7.76. The predicted octanol–water partition coefficient (Wildman–Crippen LogP) is 3.77. The number of methoxy groups -OCH3 is 2. The Hall–Kier alpha value is -1.52. The molecule has 1 aliphatic heterocycles. The number of morpholine rings is 1. The molecular weight excluding hydrogens is 278 g/mol. The van der Waals surface area contributed by atoms with E-state index in [9.17, 15) is 0 Å². The molecule has 4 nitrogen and oxygen atoms in total. The van der Waals surface area contributed by atoms with Crippen molar-refractivity contribution in [1.82, 2.24) is 0 Å². The summed E-state index contributed by atoms with van der Waals surface area (Å²) in [5, 5.41) is 0. The van der Waals surface area contributed by atoms with E-state index in [0.717, 1.165) is 45.1 Å². The van der Waals surface area contributed by atoms with Gasteiger partial charge in [0.15, 0.2) is 0 Å². The predicted molar refractivity (Wildman–Crippen MR) is 94.1 cm³/mol. The van der Waals surface area contributed by atoms with Crippen molar-refractivity contribution in [2.75, 3.05) is 52.0 Å². The summed E-state index contributed by atoms with van der Waals surface area (Å²) in [6, 6.07) is 8.16. The third kappa shape index (κ3) is 9.42. The van der Waals surface area contributed by atoms with Crippen LogP contribution in [0.1, 0.15) is 20.3 Å². The number of allylic oxidation sites excluding steroid dienone is 1. The maximum absolute atomic E-state index is 5.30. The monoisotopic (exact) mass is 309 g/mol. The normalized spacial score (nSPS) is 13.2. The molecule has 1 aromatic carbocycles. The Balaban J connectivity index is 0.000000465. The highest BCUT2D eigenvalue weighted by Crippen LogP contribution is 2.19. The topological polar surface area (TPSA) is 30.9 Å². The summed E-state index contributed by atoms with van der Waals surface area (Å²) < 4.78 is 15.1. The molecule has 22 heavy (non-hydrogen) atoms. The van der Waals surface area contributed by atoms with Gasteiger partial charge in [0.25, 0.3) is 0 Å². The minimum atomic E-state index is 0.825. The van der Waals surface area contributed by atoms with Gasteiger partial charge in [0.1, 0.15) is 5.75 Å². The van der Waals surface area contributed by atoms with Crippen molar-refractivity contribution in [3.05, 3.63) is 36.9 Å². The number of ether oxygens (including phenoxy) is 3. The maximum atomic E-state index is 5.30. The van der Waals surface area contributed by atoms with E-state index in [2.05, 4.69) is 30.5 Å². The van der Waals surface area contributed by atoms with E-state index in [-0.39, 0.29) is 0 Å². The fourth-order valence-corrected chi connectivity index (χ4v) is 1.82. The van der Waals surface area contributed by atoms with Crippen LogP contribution in [0.3, 0.4) is 0 Å². The molecule has 2 rings (SSSR count). The molecule has 1 aliphatic rings. The van der Waals surface area contributed by atoms with Gasteiger partial charge in [0, 0.05) is 32.5 Å². The highest BCUT2D eigenvalue weighted by Gasteiger charge is 2.10. The van der Waals surface area contributed by atoms with E-state index in [1.54, 1.807) is 20.3 Å². The van der Waals surface area contributed by atoms with E-state index in [0.29, 0.717) is 0 Å². The van der Waals surface area contributed by atoms with Crippen molar-refractivity contribution in [3.63, 3.8) is 0 Å². The Morgan fingerprint density at radius 3 is 2.09 bits per heavy atom. The SMILES string of the molecule is C=CC.CCCOC.COc1ccc(N2CCOCC2)cc1. The molecule has 0 unspecified atom stereocenters. The zero-order valence-electron chi connectivity index (χ0n) is 14.5. The molecule has 0 spiro atoms. The van der Waals surface area contributed by atoms with Gasteiger partial charge in [0.2, 0.25) is 0 Å². The van der Waals surface area contributed by atoms with Gasteiger partial charge in [-0.15, -0.1) is 6.58 Å². The summed E-state index contributed by atoms with van der Waals surface area (Å²) in [5.41, 5.74) is 1.24. The lowest BCUT2D eigenvalue weighted by atomic mass is 10.2. The highest BCUT2D eigenvalue weighted by atomic mass is 16.5. The quantitative estimate of drug-likeness (QED) is 0.792. The number of rotatable bonds is 4. The second kappa shape index (κ2) is 14.4. The Bertz CT molecular complexity index is 357. The second-order valence-electron chi connectivity index (χ2n) is 4.70. The molecule has 1 saturated heterocycles. The highest BCUT2D eigenvalue weighted by molar-refractivity contribution is 5.49. The summed E-state index contributed by atoms with van der Waals surface area (Å²) in [5.74, 6) is 0.905. The molecule has 4 heteroatoms. The smallest absolute Gasteiger partial charge is 0.119 e. The molecule has 0 aromatic heterocycles. The number of hydrogen-bond acceptors (Lipinski definition) is 4. The first kappa shape index (κ1) is 20.5. The van der Waals surface area contributed by atoms with Crippen LogP contribution in [0.25, 0.3) is 0 Å². The summed E-state index contributed by atoms with van der Waals surface area (Å²) in [7, 11) is 3.40. The summed E-state index contributed by atoms with van der Waals surface area (Å²) >= 11 is 0. The first-order valence-electron chi connectivity index (χ1n) is 7.76. The van der Waals surface area contributed by atoms with Gasteiger partial charge in [-0.05, 0) is 37.6 Å². The second-order valence-corrected chi connectivity index (χ2v) is 4.70. The average Bonchev–Trinajstić information content (AvgIpc) is 2.58. The Kier molecular flexibility index (Phi) is 13.4. The zero-order valence-corrected chi connectivity index (χ0v) is 14.5. The average molecular weight is 309 g/mol. The molecule has 0 aliphatic carbocycles. The van der Waals surface area contributed by atoms with Gasteiger partial charge in [-0.1, -0.05) is 13.0 Å². The molecular formula is C18H31NO3. The van der Waals surface area contributed by atoms with E-state index >= 15 is 0 Å². The van der Waals surface area contributed by atoms with Crippen LogP contribution >= 0.6 is 0 Å². The minimum absolute atomic E-state index is 0.825. The molecule has 0 N–H and O–H groups in total. The van der Waals surface area contributed by atoms with Gasteiger partial charge < -0.3 is 19.1 Å². The van der Waals surface area contributed by atoms with Crippen molar-refractivity contribution in [3.8, 4) is 5.75 Å². The Morgan fingerprint density at radius 2 is 1.73 bits per heavy atom. The zero-order chi connectivity index (χ0) is 16.6. The van der Waals surface area contributed by atoms with Crippen LogP contribution in [0.15, 0.2) is 36.9 Å². The van der Waals surface area contributed by atoms with Crippen molar-refractivity contribution >= 4 is 5.69 Å².